The minimum absolute atomic E-state index is 0.0348. The largest absolute Gasteiger partial charge is 0.493 e. The summed E-state index contributed by atoms with van der Waals surface area (Å²) in [6.45, 7) is 4.45. The molecule has 2 aromatic carbocycles. The van der Waals surface area contributed by atoms with E-state index in [1.54, 1.807) is 0 Å². The van der Waals surface area contributed by atoms with E-state index in [0.29, 0.717) is 0 Å². The third-order valence-corrected chi connectivity index (χ3v) is 4.00. The average Bonchev–Trinajstić information content (AvgIpc) is 2.59. The molecule has 0 spiro atoms. The van der Waals surface area contributed by atoms with Gasteiger partial charge in [0.15, 0.2) is 0 Å². The lowest BCUT2D eigenvalue weighted by atomic mass is 10.1. The minimum atomic E-state index is -0.0348. The Morgan fingerprint density at radius 2 is 1.75 bits per heavy atom. The normalized spacial score (nSPS) is 10.4. The first kappa shape index (κ1) is 18.1. The van der Waals surface area contributed by atoms with E-state index in [4.69, 9.17) is 4.74 Å². The molecule has 0 aliphatic heterocycles. The first-order valence-electron chi connectivity index (χ1n) is 8.76. The lowest BCUT2D eigenvalue weighted by Crippen LogP contribution is -2.05. The van der Waals surface area contributed by atoms with Crippen molar-refractivity contribution >= 4 is 11.6 Å². The summed E-state index contributed by atoms with van der Waals surface area (Å²) in [5.74, 6) is 0.987. The Hall–Kier alpha value is -2.29. The van der Waals surface area contributed by atoms with E-state index in [2.05, 4.69) is 42.6 Å². The Bertz CT molecular complexity index is 635. The zero-order chi connectivity index (χ0) is 17.2. The second-order valence-corrected chi connectivity index (χ2v) is 6.00. The van der Waals surface area contributed by atoms with Crippen LogP contribution in [-0.2, 0) is 17.6 Å². The smallest absolute Gasteiger partial charge is 0.221 e. The summed E-state index contributed by atoms with van der Waals surface area (Å²) in [6, 6.07) is 16.3. The van der Waals surface area contributed by atoms with E-state index in [-0.39, 0.29) is 5.91 Å². The van der Waals surface area contributed by atoms with Gasteiger partial charge in [-0.15, -0.1) is 0 Å². The highest BCUT2D eigenvalue weighted by Crippen LogP contribution is 2.19. The van der Waals surface area contributed by atoms with Gasteiger partial charge in [0.05, 0.1) is 6.61 Å². The Morgan fingerprint density at radius 1 is 1.00 bits per heavy atom. The number of anilines is 1. The van der Waals surface area contributed by atoms with Crippen molar-refractivity contribution in [2.45, 2.75) is 46.0 Å². The molecule has 128 valence electrons. The molecule has 0 saturated carbocycles. The van der Waals surface area contributed by atoms with Crippen molar-refractivity contribution in [2.75, 3.05) is 11.9 Å². The minimum Gasteiger partial charge on any atom is -0.493 e. The molecule has 0 radical (unpaired) electrons. The molecule has 0 bridgehead atoms. The molecule has 0 aliphatic carbocycles. The number of amides is 1. The van der Waals surface area contributed by atoms with Crippen molar-refractivity contribution in [3.05, 3.63) is 59.7 Å². The van der Waals surface area contributed by atoms with Crippen LogP contribution in [0.5, 0.6) is 5.75 Å². The number of carbonyl (C=O) groups is 1. The van der Waals surface area contributed by atoms with Gasteiger partial charge in [-0.05, 0) is 61.4 Å². The molecule has 24 heavy (non-hydrogen) atoms. The zero-order valence-electron chi connectivity index (χ0n) is 14.7. The van der Waals surface area contributed by atoms with Gasteiger partial charge in [0.1, 0.15) is 5.75 Å². The second-order valence-electron chi connectivity index (χ2n) is 6.00. The van der Waals surface area contributed by atoms with Gasteiger partial charge in [-0.3, -0.25) is 4.79 Å². The van der Waals surface area contributed by atoms with Gasteiger partial charge in [0.2, 0.25) is 5.91 Å². The highest BCUT2D eigenvalue weighted by Gasteiger charge is 2.01. The maximum atomic E-state index is 11.0. The summed E-state index contributed by atoms with van der Waals surface area (Å²) in [7, 11) is 0. The van der Waals surface area contributed by atoms with Gasteiger partial charge >= 0.3 is 0 Å². The fourth-order valence-electron chi connectivity index (χ4n) is 2.68. The van der Waals surface area contributed by atoms with Gasteiger partial charge in [-0.25, -0.2) is 0 Å². The second kappa shape index (κ2) is 9.76. The van der Waals surface area contributed by atoms with E-state index in [1.807, 2.05) is 18.2 Å². The van der Waals surface area contributed by atoms with E-state index in [1.165, 1.54) is 18.1 Å². The lowest BCUT2D eigenvalue weighted by Gasteiger charge is -2.10. The molecule has 0 unspecified atom stereocenters. The van der Waals surface area contributed by atoms with Crippen molar-refractivity contribution in [2.24, 2.45) is 0 Å². The third kappa shape index (κ3) is 6.07. The van der Waals surface area contributed by atoms with Crippen LogP contribution in [0.4, 0.5) is 5.69 Å². The third-order valence-electron chi connectivity index (χ3n) is 4.00. The summed E-state index contributed by atoms with van der Waals surface area (Å²) >= 11 is 0. The van der Waals surface area contributed by atoms with Crippen LogP contribution in [-0.4, -0.2) is 12.5 Å². The molecule has 0 aromatic heterocycles. The van der Waals surface area contributed by atoms with Crippen LogP contribution in [0.2, 0.25) is 0 Å². The van der Waals surface area contributed by atoms with Gasteiger partial charge in [-0.1, -0.05) is 37.3 Å². The molecule has 2 rings (SSSR count). The number of aryl methyl sites for hydroxylation is 2. The van der Waals surface area contributed by atoms with Crippen LogP contribution in [0, 0.1) is 0 Å². The molecular formula is C21H27NO2. The molecule has 2 aromatic rings. The van der Waals surface area contributed by atoms with Crippen molar-refractivity contribution in [3.8, 4) is 5.75 Å². The van der Waals surface area contributed by atoms with Crippen LogP contribution in [0.3, 0.4) is 0 Å². The quantitative estimate of drug-likeness (QED) is 0.659. The summed E-state index contributed by atoms with van der Waals surface area (Å²) < 4.78 is 5.89. The Kier molecular flexibility index (Phi) is 7.34. The number of unbranched alkanes of at least 4 members (excludes halogenated alkanes) is 2. The van der Waals surface area contributed by atoms with Gasteiger partial charge in [0.25, 0.3) is 0 Å². The molecule has 0 saturated heterocycles. The van der Waals surface area contributed by atoms with E-state index in [9.17, 15) is 4.79 Å². The molecule has 3 heteroatoms. The summed E-state index contributed by atoms with van der Waals surface area (Å²) in [4.78, 5) is 11.0. The van der Waals surface area contributed by atoms with Crippen LogP contribution in [0.25, 0.3) is 0 Å². The molecule has 3 nitrogen and oxygen atoms in total. The summed E-state index contributed by atoms with van der Waals surface area (Å²) in [6.07, 6.45) is 5.44. The highest BCUT2D eigenvalue weighted by molar-refractivity contribution is 5.88. The SMILES string of the molecule is CCc1ccccc1OCCCCCc1ccc(NC(C)=O)cc1. The molecular weight excluding hydrogens is 298 g/mol. The van der Waals surface area contributed by atoms with Crippen LogP contribution in [0.15, 0.2) is 48.5 Å². The Morgan fingerprint density at radius 3 is 2.46 bits per heavy atom. The number of nitrogens with one attached hydrogen (secondary N) is 1. The monoisotopic (exact) mass is 325 g/mol. The Balaban J connectivity index is 1.63. The molecule has 0 fully saturated rings. The zero-order valence-corrected chi connectivity index (χ0v) is 14.7. The van der Waals surface area contributed by atoms with Gasteiger partial charge < -0.3 is 10.1 Å². The van der Waals surface area contributed by atoms with Crippen LogP contribution >= 0.6 is 0 Å². The van der Waals surface area contributed by atoms with E-state index in [0.717, 1.165) is 50.1 Å². The number of hydrogen-bond donors (Lipinski definition) is 1. The van der Waals surface area contributed by atoms with Gasteiger partial charge in [0, 0.05) is 12.6 Å². The number of carbonyl (C=O) groups excluding carboxylic acids is 1. The summed E-state index contributed by atoms with van der Waals surface area (Å²) in [5, 5.41) is 2.79. The number of rotatable bonds is 9. The number of para-hydroxylation sites is 1. The molecule has 0 aliphatic rings. The fraction of sp³-hybridized carbons (Fsp3) is 0.381. The van der Waals surface area contributed by atoms with Crippen LogP contribution in [0.1, 0.15) is 44.2 Å². The fourth-order valence-corrected chi connectivity index (χ4v) is 2.68. The average molecular weight is 325 g/mol. The first-order chi connectivity index (χ1) is 11.7. The highest BCUT2D eigenvalue weighted by atomic mass is 16.5. The van der Waals surface area contributed by atoms with Crippen molar-refractivity contribution in [1.82, 2.24) is 0 Å². The number of benzene rings is 2. The van der Waals surface area contributed by atoms with Crippen molar-refractivity contribution in [3.63, 3.8) is 0 Å². The maximum Gasteiger partial charge on any atom is 0.221 e. The lowest BCUT2D eigenvalue weighted by molar-refractivity contribution is -0.114. The van der Waals surface area contributed by atoms with Crippen molar-refractivity contribution in [1.29, 1.82) is 0 Å². The molecule has 1 N–H and O–H groups in total. The molecule has 0 atom stereocenters. The predicted molar refractivity (Wildman–Crippen MR) is 99.6 cm³/mol. The number of ether oxygens (including phenoxy) is 1. The predicted octanol–water partition coefficient (Wildman–Crippen LogP) is 5.00. The maximum absolute atomic E-state index is 11.0. The van der Waals surface area contributed by atoms with Gasteiger partial charge in [-0.2, -0.15) is 0 Å². The number of hydrogen-bond acceptors (Lipinski definition) is 2. The molecule has 0 heterocycles. The van der Waals surface area contributed by atoms with Crippen LogP contribution < -0.4 is 10.1 Å². The van der Waals surface area contributed by atoms with Crippen molar-refractivity contribution < 1.29 is 9.53 Å². The summed E-state index contributed by atoms with van der Waals surface area (Å²) in [5.41, 5.74) is 3.44. The Labute approximate surface area is 145 Å². The standard InChI is InChI=1S/C21H27NO2/c1-3-19-10-6-7-11-21(19)24-16-8-4-5-9-18-12-14-20(15-13-18)22-17(2)23/h6-7,10-15H,3-5,8-9,16H2,1-2H3,(H,22,23). The molecule has 1 amide bonds. The van der Waals surface area contributed by atoms with E-state index >= 15 is 0 Å². The first-order valence-corrected chi connectivity index (χ1v) is 8.76. The topological polar surface area (TPSA) is 38.3 Å². The van der Waals surface area contributed by atoms with E-state index < -0.39 is 0 Å².